The number of aliphatic hydroxyl groups excluding tert-OH is 3. The minimum atomic E-state index is -1.39. The van der Waals surface area contributed by atoms with Gasteiger partial charge in [0.1, 0.15) is 30.2 Å². The number of hydrogen-bond donors (Lipinski definition) is 5. The molecule has 1 aliphatic heterocycles. The number of ether oxygens (including phenoxy) is 3. The number of aliphatic imine (C=N–C) groups is 1. The van der Waals surface area contributed by atoms with E-state index in [1.807, 2.05) is 25.1 Å². The number of rotatable bonds is 7. The van der Waals surface area contributed by atoms with Crippen molar-refractivity contribution in [3.63, 3.8) is 0 Å². The zero-order valence-electron chi connectivity index (χ0n) is 17.1. The summed E-state index contributed by atoms with van der Waals surface area (Å²) < 4.78 is 16.8. The van der Waals surface area contributed by atoms with Crippen LogP contribution in [0.4, 0.5) is 5.13 Å². The third kappa shape index (κ3) is 5.17. The molecule has 1 aliphatic rings. The first-order valence-electron chi connectivity index (χ1n) is 9.69. The molecule has 166 valence electrons. The predicted molar refractivity (Wildman–Crippen MR) is 114 cm³/mol. The first kappa shape index (κ1) is 22.7. The van der Waals surface area contributed by atoms with Gasteiger partial charge in [0.2, 0.25) is 0 Å². The molecule has 1 fully saturated rings. The summed E-state index contributed by atoms with van der Waals surface area (Å²) in [6, 6.07) is 5.65. The molecule has 5 N–H and O–H groups in total. The van der Waals surface area contributed by atoms with Gasteiger partial charge in [0.25, 0.3) is 0 Å². The third-order valence-corrected chi connectivity index (χ3v) is 5.63. The smallest absolute Gasteiger partial charge is 0.197 e. The van der Waals surface area contributed by atoms with Gasteiger partial charge in [-0.05, 0) is 24.6 Å². The maximum absolute atomic E-state index is 10.2. The monoisotopic (exact) mass is 440 g/mol. The second kappa shape index (κ2) is 10.3. The van der Waals surface area contributed by atoms with Crippen LogP contribution in [-0.4, -0.2) is 84.3 Å². The van der Waals surface area contributed by atoms with E-state index in [-0.39, 0.29) is 6.54 Å². The number of hydrogen-bond acceptors (Lipinski definition) is 9. The highest BCUT2D eigenvalue weighted by Gasteiger charge is 2.43. The number of nitrogens with zero attached hydrogens (tertiary/aromatic N) is 2. The van der Waals surface area contributed by atoms with Gasteiger partial charge >= 0.3 is 0 Å². The van der Waals surface area contributed by atoms with Crippen LogP contribution in [0.2, 0.25) is 0 Å². The molecular weight excluding hydrogens is 412 g/mol. The number of methoxy groups -OCH3 is 2. The Kier molecular flexibility index (Phi) is 7.81. The van der Waals surface area contributed by atoms with Crippen LogP contribution >= 0.6 is 11.3 Å². The van der Waals surface area contributed by atoms with Crippen molar-refractivity contribution in [1.29, 1.82) is 0 Å². The molecule has 0 amide bonds. The summed E-state index contributed by atoms with van der Waals surface area (Å²) in [5.74, 6) is 1.22. The molecule has 5 atom stereocenters. The number of anilines is 1. The Morgan fingerprint density at radius 3 is 2.73 bits per heavy atom. The Labute approximate surface area is 178 Å². The zero-order chi connectivity index (χ0) is 21.7. The number of aromatic nitrogens is 1. The molecule has 0 bridgehead atoms. The molecule has 0 unspecified atom stereocenters. The van der Waals surface area contributed by atoms with E-state index >= 15 is 0 Å². The van der Waals surface area contributed by atoms with E-state index < -0.39 is 30.7 Å². The summed E-state index contributed by atoms with van der Waals surface area (Å²) in [5.41, 5.74) is 0.837. The van der Waals surface area contributed by atoms with Gasteiger partial charge in [0.05, 0.1) is 23.9 Å². The molecule has 11 heteroatoms. The number of thiazole rings is 1. The Hall–Kier alpha value is -2.02. The van der Waals surface area contributed by atoms with E-state index in [1.54, 1.807) is 7.11 Å². The van der Waals surface area contributed by atoms with Crippen molar-refractivity contribution < 1.29 is 29.5 Å². The number of guanidine groups is 1. The van der Waals surface area contributed by atoms with E-state index in [1.165, 1.54) is 18.4 Å². The van der Waals surface area contributed by atoms with Crippen LogP contribution in [-0.2, 0) is 9.47 Å². The Morgan fingerprint density at radius 2 is 2.03 bits per heavy atom. The Morgan fingerprint density at radius 1 is 1.23 bits per heavy atom. The SMILES string of the molecule is CCCNC(=NC[C@H]1O[C@H](OC)[C@H](O)[C@@H](O)[C@@H]1O)Nc1nc2ccc(OC)cc2s1. The third-order valence-electron chi connectivity index (χ3n) is 4.69. The molecule has 1 aromatic heterocycles. The molecule has 0 aliphatic carbocycles. The molecule has 10 nitrogen and oxygen atoms in total. The molecule has 1 aromatic carbocycles. The van der Waals surface area contributed by atoms with Crippen molar-refractivity contribution >= 4 is 32.6 Å². The van der Waals surface area contributed by atoms with Crippen LogP contribution < -0.4 is 15.4 Å². The molecule has 2 heterocycles. The van der Waals surface area contributed by atoms with Crippen LogP contribution in [0.3, 0.4) is 0 Å². The van der Waals surface area contributed by atoms with E-state index in [0.717, 1.165) is 22.4 Å². The quantitative estimate of drug-likeness (QED) is 0.308. The molecule has 0 spiro atoms. The second-order valence-electron chi connectivity index (χ2n) is 6.84. The van der Waals surface area contributed by atoms with E-state index in [0.29, 0.717) is 17.6 Å². The first-order valence-corrected chi connectivity index (χ1v) is 10.5. The van der Waals surface area contributed by atoms with Gasteiger partial charge in [-0.3, -0.25) is 4.99 Å². The summed E-state index contributed by atoms with van der Waals surface area (Å²) in [6.07, 6.45) is -5.01. The standard InChI is InChI=1S/C19H28N4O6S/c1-4-7-20-18(21-9-12-14(24)15(25)16(26)17(28-3)29-12)23-19-22-11-6-5-10(27-2)8-13(11)30-19/h5-6,8,12,14-17,24-26H,4,7,9H2,1-3H3,(H2,20,21,22,23)/t12-,14-,15+,16-,17+/m1/s1. The average Bonchev–Trinajstić information content (AvgIpc) is 3.16. The van der Waals surface area contributed by atoms with Gasteiger partial charge in [-0.2, -0.15) is 0 Å². The van der Waals surface area contributed by atoms with Crippen molar-refractivity contribution in [3.05, 3.63) is 18.2 Å². The van der Waals surface area contributed by atoms with Gasteiger partial charge in [-0.25, -0.2) is 4.98 Å². The molecule has 0 radical (unpaired) electrons. The fourth-order valence-corrected chi connectivity index (χ4v) is 3.91. The first-order chi connectivity index (χ1) is 14.5. The van der Waals surface area contributed by atoms with Gasteiger partial charge < -0.3 is 40.2 Å². The summed E-state index contributed by atoms with van der Waals surface area (Å²) in [7, 11) is 2.98. The molecule has 30 heavy (non-hydrogen) atoms. The molecule has 3 rings (SSSR count). The number of nitrogens with one attached hydrogen (secondary N) is 2. The highest BCUT2D eigenvalue weighted by Crippen LogP contribution is 2.29. The van der Waals surface area contributed by atoms with E-state index in [2.05, 4.69) is 20.6 Å². The van der Waals surface area contributed by atoms with Crippen molar-refractivity contribution in [2.45, 2.75) is 44.1 Å². The van der Waals surface area contributed by atoms with Crippen LogP contribution in [0.15, 0.2) is 23.2 Å². The van der Waals surface area contributed by atoms with Crippen molar-refractivity contribution in [2.24, 2.45) is 4.99 Å². The lowest BCUT2D eigenvalue weighted by Gasteiger charge is -2.39. The van der Waals surface area contributed by atoms with Gasteiger partial charge in [-0.15, -0.1) is 0 Å². The average molecular weight is 441 g/mol. The molecular formula is C19H28N4O6S. The van der Waals surface area contributed by atoms with Crippen molar-refractivity contribution in [3.8, 4) is 5.75 Å². The topological polar surface area (TPSA) is 138 Å². The van der Waals surface area contributed by atoms with Crippen LogP contribution in [0.25, 0.3) is 10.2 Å². The number of benzene rings is 1. The van der Waals surface area contributed by atoms with Gasteiger partial charge in [-0.1, -0.05) is 18.3 Å². The second-order valence-corrected chi connectivity index (χ2v) is 7.87. The maximum Gasteiger partial charge on any atom is 0.197 e. The van der Waals surface area contributed by atoms with Crippen LogP contribution in [0.5, 0.6) is 5.75 Å². The van der Waals surface area contributed by atoms with Crippen LogP contribution in [0, 0.1) is 0 Å². The van der Waals surface area contributed by atoms with E-state index in [9.17, 15) is 15.3 Å². The lowest BCUT2D eigenvalue weighted by atomic mass is 9.99. The van der Waals surface area contributed by atoms with Crippen molar-refractivity contribution in [1.82, 2.24) is 10.3 Å². The summed E-state index contributed by atoms with van der Waals surface area (Å²) in [6.45, 7) is 2.76. The normalized spacial score (nSPS) is 27.3. The highest BCUT2D eigenvalue weighted by atomic mass is 32.1. The largest absolute Gasteiger partial charge is 0.497 e. The maximum atomic E-state index is 10.2. The fraction of sp³-hybridized carbons (Fsp3) is 0.579. The molecule has 0 saturated carbocycles. The lowest BCUT2D eigenvalue weighted by molar-refractivity contribution is -0.287. The number of fused-ring (bicyclic) bond motifs is 1. The number of aliphatic hydroxyl groups is 3. The molecule has 1 saturated heterocycles. The zero-order valence-corrected chi connectivity index (χ0v) is 17.9. The highest BCUT2D eigenvalue weighted by molar-refractivity contribution is 7.22. The molecule has 2 aromatic rings. The lowest BCUT2D eigenvalue weighted by Crippen LogP contribution is -2.58. The van der Waals surface area contributed by atoms with Crippen LogP contribution in [0.1, 0.15) is 13.3 Å². The summed E-state index contributed by atoms with van der Waals surface area (Å²) in [4.78, 5) is 9.02. The minimum absolute atomic E-state index is 0.0442. The minimum Gasteiger partial charge on any atom is -0.497 e. The summed E-state index contributed by atoms with van der Waals surface area (Å²) >= 11 is 1.46. The Bertz CT molecular complexity index is 861. The Balaban J connectivity index is 1.74. The van der Waals surface area contributed by atoms with E-state index in [4.69, 9.17) is 14.2 Å². The van der Waals surface area contributed by atoms with Gasteiger partial charge in [0.15, 0.2) is 17.4 Å². The fourth-order valence-electron chi connectivity index (χ4n) is 3.01. The summed E-state index contributed by atoms with van der Waals surface area (Å²) in [5, 5.41) is 37.1. The van der Waals surface area contributed by atoms with Crippen molar-refractivity contribution in [2.75, 3.05) is 32.6 Å². The van der Waals surface area contributed by atoms with Gasteiger partial charge in [0, 0.05) is 13.7 Å². The predicted octanol–water partition coefficient (Wildman–Crippen LogP) is 0.526.